The third-order valence-corrected chi connectivity index (χ3v) is 8.38. The van der Waals surface area contributed by atoms with E-state index in [9.17, 15) is 9.59 Å². The molecule has 0 unspecified atom stereocenters. The van der Waals surface area contributed by atoms with Crippen LogP contribution in [-0.4, -0.2) is 50.1 Å². The molecule has 8 heteroatoms. The van der Waals surface area contributed by atoms with Gasteiger partial charge < -0.3 is 23.5 Å². The standard InChI is InChI=1S/C37H36N2O6/c1-24-31-21-27(30-9-4-5-10-33(30)42-2)12-13-34(31)45-36(24)32(40)20-25-11-14-35(38-22-25)39-17-15-29(16-18-39)44-23-26-7-6-8-28(19-26)37(41)43-3/h4-14,19,21-22,29H,15-18,20,23H2,1-3H3. The Labute approximate surface area is 262 Å². The SMILES string of the molecule is COC(=O)c1cccc(COC2CCN(c3ccc(CC(=O)c4oc5ccc(-c6ccccc6OC)cc5c4C)cn3)CC2)c1. The van der Waals surface area contributed by atoms with Crippen molar-refractivity contribution in [3.8, 4) is 16.9 Å². The van der Waals surface area contributed by atoms with E-state index in [-0.39, 0.29) is 24.3 Å². The number of carbonyl (C=O) groups excluding carboxylic acids is 2. The number of hydrogen-bond donors (Lipinski definition) is 0. The van der Waals surface area contributed by atoms with Gasteiger partial charge in [0.2, 0.25) is 5.78 Å². The largest absolute Gasteiger partial charge is 0.496 e. The number of aryl methyl sites for hydroxylation is 1. The Morgan fingerprint density at radius 3 is 2.51 bits per heavy atom. The average Bonchev–Trinajstić information content (AvgIpc) is 3.43. The predicted octanol–water partition coefficient (Wildman–Crippen LogP) is 7.21. The van der Waals surface area contributed by atoms with E-state index in [2.05, 4.69) is 16.0 Å². The minimum atomic E-state index is -0.350. The van der Waals surface area contributed by atoms with Crippen molar-refractivity contribution in [1.82, 2.24) is 4.98 Å². The molecule has 6 rings (SSSR count). The first-order valence-electron chi connectivity index (χ1n) is 15.1. The first-order chi connectivity index (χ1) is 21.9. The Balaban J connectivity index is 1.05. The zero-order valence-corrected chi connectivity index (χ0v) is 25.7. The fourth-order valence-electron chi connectivity index (χ4n) is 5.88. The van der Waals surface area contributed by atoms with Gasteiger partial charge in [0, 0.05) is 42.2 Å². The second kappa shape index (κ2) is 13.4. The molecule has 1 aliphatic heterocycles. The fraction of sp³-hybridized carbons (Fsp3) is 0.270. The van der Waals surface area contributed by atoms with Gasteiger partial charge in [0.05, 0.1) is 32.5 Å². The molecular formula is C37H36N2O6. The average molecular weight is 605 g/mol. The summed E-state index contributed by atoms with van der Waals surface area (Å²) in [5, 5.41) is 0.914. The van der Waals surface area contributed by atoms with Gasteiger partial charge >= 0.3 is 5.97 Å². The maximum atomic E-state index is 13.3. The lowest BCUT2D eigenvalue weighted by Gasteiger charge is -2.32. The van der Waals surface area contributed by atoms with Crippen LogP contribution in [0.25, 0.3) is 22.1 Å². The van der Waals surface area contributed by atoms with Gasteiger partial charge in [-0.05, 0) is 72.9 Å². The van der Waals surface area contributed by atoms with E-state index in [1.807, 2.05) is 73.7 Å². The minimum Gasteiger partial charge on any atom is -0.496 e. The Morgan fingerprint density at radius 2 is 1.76 bits per heavy atom. The number of ether oxygens (including phenoxy) is 3. The number of nitrogens with zero attached hydrogens (tertiary/aromatic N) is 2. The first kappa shape index (κ1) is 30.1. The first-order valence-corrected chi connectivity index (χ1v) is 15.1. The molecule has 0 spiro atoms. The molecule has 2 aromatic heterocycles. The van der Waals surface area contributed by atoms with Crippen LogP contribution in [0.5, 0.6) is 5.75 Å². The molecule has 3 heterocycles. The van der Waals surface area contributed by atoms with Gasteiger partial charge in [-0.3, -0.25) is 4.79 Å². The van der Waals surface area contributed by atoms with Crippen molar-refractivity contribution < 1.29 is 28.2 Å². The van der Waals surface area contributed by atoms with E-state index < -0.39 is 0 Å². The second-order valence-corrected chi connectivity index (χ2v) is 11.3. The molecule has 1 fully saturated rings. The number of Topliss-reactive ketones (excluding diaryl/α,β-unsaturated/α-hetero) is 1. The summed E-state index contributed by atoms with van der Waals surface area (Å²) in [7, 11) is 3.04. The number of benzene rings is 3. The van der Waals surface area contributed by atoms with Gasteiger partial charge in [0.1, 0.15) is 17.2 Å². The molecule has 0 amide bonds. The van der Waals surface area contributed by atoms with Gasteiger partial charge in [0.15, 0.2) is 5.76 Å². The number of hydrogen-bond acceptors (Lipinski definition) is 8. The van der Waals surface area contributed by atoms with Crippen molar-refractivity contribution in [2.75, 3.05) is 32.2 Å². The number of carbonyl (C=O) groups is 2. The molecule has 45 heavy (non-hydrogen) atoms. The number of ketones is 1. The summed E-state index contributed by atoms with van der Waals surface area (Å²) in [6.07, 6.45) is 3.88. The number of anilines is 1. The topological polar surface area (TPSA) is 91.1 Å². The number of para-hydroxylation sites is 1. The highest BCUT2D eigenvalue weighted by Crippen LogP contribution is 2.34. The van der Waals surface area contributed by atoms with Crippen LogP contribution in [0.2, 0.25) is 0 Å². The Kier molecular flexibility index (Phi) is 8.93. The zero-order valence-electron chi connectivity index (χ0n) is 25.7. The summed E-state index contributed by atoms with van der Waals surface area (Å²) < 4.78 is 22.5. The zero-order chi connectivity index (χ0) is 31.3. The molecule has 0 atom stereocenters. The number of aromatic nitrogens is 1. The highest BCUT2D eigenvalue weighted by molar-refractivity contribution is 6.02. The van der Waals surface area contributed by atoms with Crippen molar-refractivity contribution in [3.63, 3.8) is 0 Å². The fourth-order valence-corrected chi connectivity index (χ4v) is 5.88. The quantitative estimate of drug-likeness (QED) is 0.122. The lowest BCUT2D eigenvalue weighted by Crippen LogP contribution is -2.37. The summed E-state index contributed by atoms with van der Waals surface area (Å²) in [5.74, 6) is 1.64. The number of esters is 1. The lowest BCUT2D eigenvalue weighted by atomic mass is 10.0. The highest BCUT2D eigenvalue weighted by Gasteiger charge is 2.22. The highest BCUT2D eigenvalue weighted by atomic mass is 16.5. The van der Waals surface area contributed by atoms with Crippen molar-refractivity contribution in [2.45, 2.75) is 38.9 Å². The maximum absolute atomic E-state index is 13.3. The summed E-state index contributed by atoms with van der Waals surface area (Å²) in [4.78, 5) is 32.0. The lowest BCUT2D eigenvalue weighted by molar-refractivity contribution is 0.0250. The van der Waals surface area contributed by atoms with Crippen molar-refractivity contribution in [3.05, 3.63) is 113 Å². The van der Waals surface area contributed by atoms with Crippen LogP contribution < -0.4 is 9.64 Å². The summed E-state index contributed by atoms with van der Waals surface area (Å²) in [6, 6.07) is 25.1. The van der Waals surface area contributed by atoms with Gasteiger partial charge in [-0.15, -0.1) is 0 Å². The Hall–Kier alpha value is -4.95. The van der Waals surface area contributed by atoms with Gasteiger partial charge in [0.25, 0.3) is 0 Å². The molecule has 5 aromatic rings. The van der Waals surface area contributed by atoms with Crippen molar-refractivity contribution in [2.24, 2.45) is 0 Å². The van der Waals surface area contributed by atoms with Crippen LogP contribution >= 0.6 is 0 Å². The van der Waals surface area contributed by atoms with E-state index in [0.29, 0.717) is 23.5 Å². The number of piperidine rings is 1. The number of furan rings is 1. The molecule has 0 aliphatic carbocycles. The van der Waals surface area contributed by atoms with Crippen LogP contribution in [0.4, 0.5) is 5.82 Å². The molecule has 0 bridgehead atoms. The van der Waals surface area contributed by atoms with E-state index in [1.165, 1.54) is 7.11 Å². The number of fused-ring (bicyclic) bond motifs is 1. The summed E-state index contributed by atoms with van der Waals surface area (Å²) >= 11 is 0. The summed E-state index contributed by atoms with van der Waals surface area (Å²) in [5.41, 5.74) is 5.82. The molecule has 1 aliphatic rings. The Bertz CT molecular complexity index is 1820. The van der Waals surface area contributed by atoms with Crippen LogP contribution in [0, 0.1) is 6.92 Å². The van der Waals surface area contributed by atoms with Crippen LogP contribution in [0.3, 0.4) is 0 Å². The van der Waals surface area contributed by atoms with E-state index >= 15 is 0 Å². The molecule has 230 valence electrons. The molecule has 0 radical (unpaired) electrons. The van der Waals surface area contributed by atoms with Gasteiger partial charge in [-0.1, -0.05) is 42.5 Å². The third kappa shape index (κ3) is 6.61. The second-order valence-electron chi connectivity index (χ2n) is 11.3. The normalized spacial score (nSPS) is 13.6. The van der Waals surface area contributed by atoms with E-state index in [1.54, 1.807) is 19.4 Å². The van der Waals surface area contributed by atoms with Gasteiger partial charge in [-0.2, -0.15) is 0 Å². The molecule has 3 aromatic carbocycles. The van der Waals surface area contributed by atoms with Crippen LogP contribution in [0.15, 0.2) is 89.5 Å². The number of methoxy groups -OCH3 is 2. The van der Waals surface area contributed by atoms with Crippen molar-refractivity contribution in [1.29, 1.82) is 0 Å². The maximum Gasteiger partial charge on any atom is 0.337 e. The third-order valence-electron chi connectivity index (χ3n) is 8.38. The van der Waals surface area contributed by atoms with Crippen LogP contribution in [-0.2, 0) is 22.5 Å². The Morgan fingerprint density at radius 1 is 0.933 bits per heavy atom. The van der Waals surface area contributed by atoms with Crippen molar-refractivity contribution >= 4 is 28.5 Å². The summed E-state index contributed by atoms with van der Waals surface area (Å²) in [6.45, 7) is 4.03. The van der Waals surface area contributed by atoms with E-state index in [0.717, 1.165) is 70.7 Å². The monoisotopic (exact) mass is 604 g/mol. The molecule has 0 N–H and O–H groups in total. The van der Waals surface area contributed by atoms with Gasteiger partial charge in [-0.25, -0.2) is 9.78 Å². The smallest absolute Gasteiger partial charge is 0.337 e. The number of pyridine rings is 1. The van der Waals surface area contributed by atoms with Crippen LogP contribution in [0.1, 0.15) is 50.4 Å². The molecular weight excluding hydrogens is 568 g/mol. The molecule has 1 saturated heterocycles. The molecule has 0 saturated carbocycles. The molecule has 8 nitrogen and oxygen atoms in total. The predicted molar refractivity (Wildman–Crippen MR) is 173 cm³/mol. The minimum absolute atomic E-state index is 0.0767. The number of rotatable bonds is 10. The van der Waals surface area contributed by atoms with E-state index in [4.69, 9.17) is 18.6 Å².